The molecule has 0 radical (unpaired) electrons. The molecule has 0 bridgehead atoms. The van der Waals surface area contributed by atoms with Crippen molar-refractivity contribution in [1.29, 1.82) is 5.26 Å². The van der Waals surface area contributed by atoms with Crippen molar-refractivity contribution in [2.75, 3.05) is 11.9 Å². The molecule has 118 valence electrons. The molecule has 0 aliphatic heterocycles. The Bertz CT molecular complexity index is 740. The molecule has 1 aromatic heterocycles. The first-order valence-electron chi connectivity index (χ1n) is 7.44. The van der Waals surface area contributed by atoms with Crippen LogP contribution >= 0.6 is 0 Å². The normalized spacial score (nSPS) is 10.0. The number of aromatic nitrogens is 1. The molecule has 0 spiro atoms. The van der Waals surface area contributed by atoms with Crippen LogP contribution in [0.5, 0.6) is 5.88 Å². The predicted molar refractivity (Wildman–Crippen MR) is 88.4 cm³/mol. The number of aryl methyl sites for hydroxylation is 3. The maximum atomic E-state index is 12.0. The molecular formula is C18H19N3O2. The Hall–Kier alpha value is -2.87. The maximum absolute atomic E-state index is 12.0. The molecule has 0 aliphatic carbocycles. The summed E-state index contributed by atoms with van der Waals surface area (Å²) >= 11 is 0. The summed E-state index contributed by atoms with van der Waals surface area (Å²) in [6, 6.07) is 11.4. The molecule has 0 fully saturated rings. The summed E-state index contributed by atoms with van der Waals surface area (Å²) in [5.74, 6) is 0.102. The van der Waals surface area contributed by atoms with Crippen LogP contribution in [-0.2, 0) is 11.2 Å². The highest BCUT2D eigenvalue weighted by molar-refractivity contribution is 5.92. The molecule has 0 atom stereocenters. The first-order valence-corrected chi connectivity index (χ1v) is 7.44. The zero-order valence-electron chi connectivity index (χ0n) is 13.5. The van der Waals surface area contributed by atoms with E-state index < -0.39 is 0 Å². The highest BCUT2D eigenvalue weighted by Gasteiger charge is 2.10. The third kappa shape index (κ3) is 4.07. The number of nitrogens with zero attached hydrogens (tertiary/aromatic N) is 2. The van der Waals surface area contributed by atoms with E-state index in [2.05, 4.69) is 16.4 Å². The minimum absolute atomic E-state index is 0.129. The van der Waals surface area contributed by atoms with Gasteiger partial charge in [-0.25, -0.2) is 4.98 Å². The maximum Gasteiger partial charge on any atom is 0.262 e. The molecule has 2 rings (SSSR count). The molecule has 0 aliphatic rings. The van der Waals surface area contributed by atoms with Crippen LogP contribution in [0.3, 0.4) is 0 Å². The molecule has 2 aromatic rings. The molecule has 1 N–H and O–H groups in total. The van der Waals surface area contributed by atoms with E-state index in [0.717, 1.165) is 23.2 Å². The Labute approximate surface area is 135 Å². The van der Waals surface area contributed by atoms with Gasteiger partial charge in [0.15, 0.2) is 6.61 Å². The molecular weight excluding hydrogens is 290 g/mol. The van der Waals surface area contributed by atoms with Crippen LogP contribution in [0.25, 0.3) is 0 Å². The number of pyridine rings is 1. The number of carbonyl (C=O) groups is 1. The van der Waals surface area contributed by atoms with Crippen molar-refractivity contribution in [2.45, 2.75) is 27.2 Å². The highest BCUT2D eigenvalue weighted by Crippen LogP contribution is 2.18. The second-order valence-electron chi connectivity index (χ2n) is 5.20. The van der Waals surface area contributed by atoms with Crippen molar-refractivity contribution in [3.05, 3.63) is 52.7 Å². The average molecular weight is 309 g/mol. The van der Waals surface area contributed by atoms with Crippen LogP contribution in [0.4, 0.5) is 5.69 Å². The Morgan fingerprint density at radius 2 is 2.09 bits per heavy atom. The number of amides is 1. The number of rotatable bonds is 5. The summed E-state index contributed by atoms with van der Waals surface area (Å²) in [5, 5.41) is 11.9. The van der Waals surface area contributed by atoms with Gasteiger partial charge < -0.3 is 10.1 Å². The first kappa shape index (κ1) is 16.5. The number of hydrogen-bond acceptors (Lipinski definition) is 4. The minimum Gasteiger partial charge on any atom is -0.468 e. The van der Waals surface area contributed by atoms with Crippen LogP contribution in [0.2, 0.25) is 0 Å². The Morgan fingerprint density at radius 3 is 2.74 bits per heavy atom. The number of ether oxygens (including phenoxy) is 1. The Kier molecular flexibility index (Phi) is 5.32. The number of para-hydroxylation sites is 1. The Balaban J connectivity index is 2.01. The summed E-state index contributed by atoms with van der Waals surface area (Å²) in [4.78, 5) is 16.2. The molecule has 5 heteroatoms. The third-order valence-electron chi connectivity index (χ3n) is 3.51. The quantitative estimate of drug-likeness (QED) is 0.920. The fraction of sp³-hybridized carbons (Fsp3) is 0.278. The van der Waals surface area contributed by atoms with Gasteiger partial charge >= 0.3 is 0 Å². The van der Waals surface area contributed by atoms with Crippen molar-refractivity contribution in [3.8, 4) is 11.9 Å². The van der Waals surface area contributed by atoms with E-state index in [1.807, 2.05) is 38.1 Å². The van der Waals surface area contributed by atoms with E-state index in [1.54, 1.807) is 13.0 Å². The molecule has 1 amide bonds. The lowest BCUT2D eigenvalue weighted by atomic mass is 10.1. The van der Waals surface area contributed by atoms with E-state index in [0.29, 0.717) is 17.1 Å². The second-order valence-corrected chi connectivity index (χ2v) is 5.20. The Morgan fingerprint density at radius 1 is 1.35 bits per heavy atom. The number of nitrogens with one attached hydrogen (secondary N) is 1. The summed E-state index contributed by atoms with van der Waals surface area (Å²) < 4.78 is 5.44. The molecule has 1 aromatic carbocycles. The van der Waals surface area contributed by atoms with Gasteiger partial charge in [-0.2, -0.15) is 5.26 Å². The second kappa shape index (κ2) is 7.41. The fourth-order valence-corrected chi connectivity index (χ4v) is 2.32. The SMILES string of the molecule is CCc1ccccc1NC(=O)COc1cc(C)c(C#N)c(C)n1. The van der Waals surface area contributed by atoms with Gasteiger partial charge in [0.2, 0.25) is 5.88 Å². The van der Waals surface area contributed by atoms with Crippen molar-refractivity contribution in [3.63, 3.8) is 0 Å². The summed E-state index contributed by atoms with van der Waals surface area (Å²) in [6.45, 7) is 5.47. The van der Waals surface area contributed by atoms with Gasteiger partial charge in [0.1, 0.15) is 6.07 Å². The van der Waals surface area contributed by atoms with Crippen LogP contribution in [0.1, 0.15) is 29.3 Å². The molecule has 1 heterocycles. The van der Waals surface area contributed by atoms with Gasteiger partial charge in [-0.15, -0.1) is 0 Å². The topological polar surface area (TPSA) is 75.0 Å². The van der Waals surface area contributed by atoms with Gasteiger partial charge in [0.25, 0.3) is 5.91 Å². The number of carbonyl (C=O) groups excluding carboxylic acids is 1. The van der Waals surface area contributed by atoms with Crippen LogP contribution in [-0.4, -0.2) is 17.5 Å². The van der Waals surface area contributed by atoms with E-state index in [4.69, 9.17) is 10.00 Å². The lowest BCUT2D eigenvalue weighted by molar-refractivity contribution is -0.118. The number of hydrogen-bond donors (Lipinski definition) is 1. The molecule has 0 unspecified atom stereocenters. The standard InChI is InChI=1S/C18H19N3O2/c1-4-14-7-5-6-8-16(14)21-17(22)11-23-18-9-12(2)15(10-19)13(3)20-18/h5-9H,4,11H2,1-3H3,(H,21,22). The zero-order valence-corrected chi connectivity index (χ0v) is 13.5. The van der Waals surface area contributed by atoms with Gasteiger partial charge in [-0.05, 0) is 37.5 Å². The van der Waals surface area contributed by atoms with E-state index in [1.165, 1.54) is 0 Å². The van der Waals surface area contributed by atoms with Crippen molar-refractivity contribution in [1.82, 2.24) is 4.98 Å². The first-order chi connectivity index (χ1) is 11.0. The lowest BCUT2D eigenvalue weighted by Gasteiger charge is -2.11. The zero-order chi connectivity index (χ0) is 16.8. The minimum atomic E-state index is -0.243. The van der Waals surface area contributed by atoms with Crippen LogP contribution < -0.4 is 10.1 Å². The van der Waals surface area contributed by atoms with Gasteiger partial charge in [-0.1, -0.05) is 25.1 Å². The highest BCUT2D eigenvalue weighted by atomic mass is 16.5. The van der Waals surface area contributed by atoms with E-state index >= 15 is 0 Å². The number of anilines is 1. The third-order valence-corrected chi connectivity index (χ3v) is 3.51. The van der Waals surface area contributed by atoms with Crippen LogP contribution in [0, 0.1) is 25.2 Å². The molecule has 0 saturated carbocycles. The lowest BCUT2D eigenvalue weighted by Crippen LogP contribution is -2.21. The summed E-state index contributed by atoms with van der Waals surface area (Å²) in [5.41, 5.74) is 3.79. The van der Waals surface area contributed by atoms with Crippen molar-refractivity contribution >= 4 is 11.6 Å². The number of benzene rings is 1. The smallest absolute Gasteiger partial charge is 0.262 e. The van der Waals surface area contributed by atoms with Crippen molar-refractivity contribution in [2.24, 2.45) is 0 Å². The average Bonchev–Trinajstić information content (AvgIpc) is 2.53. The fourth-order valence-electron chi connectivity index (χ4n) is 2.32. The van der Waals surface area contributed by atoms with Crippen molar-refractivity contribution < 1.29 is 9.53 Å². The van der Waals surface area contributed by atoms with Gasteiger partial charge in [0, 0.05) is 11.8 Å². The van der Waals surface area contributed by atoms with Gasteiger partial charge in [0.05, 0.1) is 11.3 Å². The predicted octanol–water partition coefficient (Wildman–Crippen LogP) is 3.15. The largest absolute Gasteiger partial charge is 0.468 e. The van der Waals surface area contributed by atoms with E-state index in [-0.39, 0.29) is 12.5 Å². The van der Waals surface area contributed by atoms with Crippen LogP contribution in [0.15, 0.2) is 30.3 Å². The number of nitriles is 1. The molecule has 5 nitrogen and oxygen atoms in total. The van der Waals surface area contributed by atoms with E-state index in [9.17, 15) is 4.79 Å². The van der Waals surface area contributed by atoms with Gasteiger partial charge in [-0.3, -0.25) is 4.79 Å². The molecule has 0 saturated heterocycles. The monoisotopic (exact) mass is 309 g/mol. The summed E-state index contributed by atoms with van der Waals surface area (Å²) in [7, 11) is 0. The molecule has 23 heavy (non-hydrogen) atoms. The summed E-state index contributed by atoms with van der Waals surface area (Å²) in [6.07, 6.45) is 0.840.